The van der Waals surface area contributed by atoms with Gasteiger partial charge < -0.3 is 0 Å². The predicted octanol–water partition coefficient (Wildman–Crippen LogP) is 10.6. The first-order chi connectivity index (χ1) is 18.3. The highest BCUT2D eigenvalue weighted by Crippen LogP contribution is 2.48. The normalized spacial score (nSPS) is 12.2. The molecule has 0 bridgehead atoms. The molecule has 0 saturated carbocycles. The Bertz CT molecular complexity index is 1990. The van der Waals surface area contributed by atoms with Crippen molar-refractivity contribution in [1.29, 1.82) is 0 Å². The van der Waals surface area contributed by atoms with Crippen molar-refractivity contribution in [2.75, 3.05) is 0 Å². The molecule has 0 amide bonds. The summed E-state index contributed by atoms with van der Waals surface area (Å²) in [4.78, 5) is 2.68. The molecule has 0 nitrogen and oxygen atoms in total. The fourth-order valence-corrected chi connectivity index (χ4v) is 7.01. The third kappa shape index (κ3) is 3.25. The molecule has 0 aromatic heterocycles. The SMILES string of the molecule is c1cc2c3c(cccc3c1)-c1cc(-c3ccc(-c4cccc5c4ccc4ccccc45)cc3)ccc1S2. The van der Waals surface area contributed by atoms with E-state index < -0.39 is 0 Å². The lowest BCUT2D eigenvalue weighted by atomic mass is 9.92. The van der Waals surface area contributed by atoms with Gasteiger partial charge in [-0.15, -0.1) is 0 Å². The first-order valence-corrected chi connectivity index (χ1v) is 13.5. The zero-order valence-electron chi connectivity index (χ0n) is 20.1. The molecule has 7 aromatic carbocycles. The molecule has 1 heteroatoms. The Balaban J connectivity index is 1.22. The van der Waals surface area contributed by atoms with Crippen LogP contribution < -0.4 is 0 Å². The van der Waals surface area contributed by atoms with E-state index in [1.807, 2.05) is 11.8 Å². The maximum atomic E-state index is 2.37. The first-order valence-electron chi connectivity index (χ1n) is 12.7. The molecule has 0 N–H and O–H groups in total. The highest BCUT2D eigenvalue weighted by molar-refractivity contribution is 7.99. The Hall–Kier alpha value is -4.33. The van der Waals surface area contributed by atoms with Crippen LogP contribution in [0.5, 0.6) is 0 Å². The van der Waals surface area contributed by atoms with Crippen LogP contribution >= 0.6 is 11.8 Å². The Morgan fingerprint density at radius 2 is 1.05 bits per heavy atom. The summed E-state index contributed by atoms with van der Waals surface area (Å²) in [6.45, 7) is 0. The van der Waals surface area contributed by atoms with Crippen LogP contribution in [0.4, 0.5) is 0 Å². The van der Waals surface area contributed by atoms with E-state index in [1.54, 1.807) is 0 Å². The van der Waals surface area contributed by atoms with Crippen molar-refractivity contribution in [2.45, 2.75) is 9.79 Å². The molecule has 1 heterocycles. The quantitative estimate of drug-likeness (QED) is 0.219. The third-order valence-corrected chi connectivity index (χ3v) is 8.81. The molecule has 1 aliphatic rings. The summed E-state index contributed by atoms with van der Waals surface area (Å²) in [5, 5.41) is 7.88. The largest absolute Gasteiger partial charge is 0.0888 e. The minimum atomic E-state index is 1.24. The van der Waals surface area contributed by atoms with Gasteiger partial charge in [0.15, 0.2) is 0 Å². The van der Waals surface area contributed by atoms with Crippen molar-refractivity contribution in [1.82, 2.24) is 0 Å². The molecule has 0 unspecified atom stereocenters. The highest BCUT2D eigenvalue weighted by Gasteiger charge is 2.19. The number of hydrogen-bond donors (Lipinski definition) is 0. The minimum absolute atomic E-state index is 1.24. The summed E-state index contributed by atoms with van der Waals surface area (Å²) < 4.78 is 0. The van der Waals surface area contributed by atoms with Crippen LogP contribution in [0.2, 0.25) is 0 Å². The summed E-state index contributed by atoms with van der Waals surface area (Å²) in [7, 11) is 0. The second-order valence-electron chi connectivity index (χ2n) is 9.74. The Morgan fingerprint density at radius 3 is 1.97 bits per heavy atom. The fraction of sp³-hybridized carbons (Fsp3) is 0. The maximum absolute atomic E-state index is 2.37. The smallest absolute Gasteiger partial charge is 0.0207 e. The lowest BCUT2D eigenvalue weighted by Crippen LogP contribution is -1.93. The van der Waals surface area contributed by atoms with Gasteiger partial charge in [0.2, 0.25) is 0 Å². The van der Waals surface area contributed by atoms with Gasteiger partial charge in [-0.2, -0.15) is 0 Å². The van der Waals surface area contributed by atoms with Crippen LogP contribution in [0.3, 0.4) is 0 Å². The standard InChI is InChI=1S/C36H22S/c1-2-9-28-24(6-1)18-20-31-29(10-5-11-30(28)31)25-16-14-23(15-17-25)27-19-21-34-33(22-27)32-12-3-7-26-8-4-13-35(37-34)36(26)32/h1-22H. The van der Waals surface area contributed by atoms with Gasteiger partial charge in [-0.3, -0.25) is 0 Å². The summed E-state index contributed by atoms with van der Waals surface area (Å²) in [6, 6.07) is 49.0. The van der Waals surface area contributed by atoms with Gasteiger partial charge >= 0.3 is 0 Å². The van der Waals surface area contributed by atoms with Gasteiger partial charge in [0.1, 0.15) is 0 Å². The molecule has 8 rings (SSSR count). The van der Waals surface area contributed by atoms with Crippen molar-refractivity contribution in [3.63, 3.8) is 0 Å². The summed E-state index contributed by atoms with van der Waals surface area (Å²) >= 11 is 1.88. The Labute approximate surface area is 220 Å². The monoisotopic (exact) mass is 486 g/mol. The highest BCUT2D eigenvalue weighted by atomic mass is 32.2. The summed E-state index contributed by atoms with van der Waals surface area (Å²) in [5.41, 5.74) is 7.69. The second-order valence-corrected chi connectivity index (χ2v) is 10.8. The van der Waals surface area contributed by atoms with Crippen LogP contribution in [0.25, 0.3) is 65.7 Å². The van der Waals surface area contributed by atoms with Crippen molar-refractivity contribution < 1.29 is 0 Å². The number of hydrogen-bond acceptors (Lipinski definition) is 1. The van der Waals surface area contributed by atoms with Crippen molar-refractivity contribution in [3.8, 4) is 33.4 Å². The van der Waals surface area contributed by atoms with Crippen LogP contribution in [-0.2, 0) is 0 Å². The lowest BCUT2D eigenvalue weighted by Gasteiger charge is -2.21. The zero-order chi connectivity index (χ0) is 24.3. The van der Waals surface area contributed by atoms with Gasteiger partial charge in [-0.05, 0) is 78.5 Å². The predicted molar refractivity (Wildman–Crippen MR) is 159 cm³/mol. The van der Waals surface area contributed by atoms with Gasteiger partial charge in [0, 0.05) is 15.2 Å². The van der Waals surface area contributed by atoms with Gasteiger partial charge in [0.25, 0.3) is 0 Å². The van der Waals surface area contributed by atoms with Crippen LogP contribution in [0.15, 0.2) is 143 Å². The second kappa shape index (κ2) is 8.09. The van der Waals surface area contributed by atoms with Gasteiger partial charge in [-0.25, -0.2) is 0 Å². The average molecular weight is 487 g/mol. The van der Waals surface area contributed by atoms with Gasteiger partial charge in [-0.1, -0.05) is 127 Å². The number of benzene rings is 7. The Kier molecular flexibility index (Phi) is 4.55. The lowest BCUT2D eigenvalue weighted by molar-refractivity contribution is 1.39. The van der Waals surface area contributed by atoms with E-state index in [-0.39, 0.29) is 0 Å². The zero-order valence-corrected chi connectivity index (χ0v) is 20.9. The van der Waals surface area contributed by atoms with Crippen molar-refractivity contribution in [2.24, 2.45) is 0 Å². The van der Waals surface area contributed by atoms with Crippen molar-refractivity contribution in [3.05, 3.63) is 133 Å². The summed E-state index contributed by atoms with van der Waals surface area (Å²) in [5.74, 6) is 0. The molecule has 0 spiro atoms. The Morgan fingerprint density at radius 1 is 0.351 bits per heavy atom. The molecule has 0 fully saturated rings. The van der Waals surface area contributed by atoms with E-state index in [4.69, 9.17) is 0 Å². The van der Waals surface area contributed by atoms with E-state index in [0.29, 0.717) is 0 Å². The number of fused-ring (bicyclic) bond motifs is 5. The van der Waals surface area contributed by atoms with Crippen LogP contribution in [0, 0.1) is 0 Å². The molecule has 0 saturated heterocycles. The molecule has 172 valence electrons. The average Bonchev–Trinajstić information content (AvgIpc) is 2.97. The maximum Gasteiger partial charge on any atom is 0.0207 e. The van der Waals surface area contributed by atoms with E-state index >= 15 is 0 Å². The molecular formula is C36H22S. The van der Waals surface area contributed by atoms with Gasteiger partial charge in [0.05, 0.1) is 0 Å². The molecule has 7 aromatic rings. The van der Waals surface area contributed by atoms with E-state index in [0.717, 1.165) is 0 Å². The van der Waals surface area contributed by atoms with Crippen LogP contribution in [-0.4, -0.2) is 0 Å². The molecule has 37 heavy (non-hydrogen) atoms. The van der Waals surface area contributed by atoms with Crippen molar-refractivity contribution >= 4 is 44.1 Å². The molecule has 1 aliphatic heterocycles. The number of rotatable bonds is 2. The molecule has 0 aliphatic carbocycles. The topological polar surface area (TPSA) is 0 Å². The fourth-order valence-electron chi connectivity index (χ4n) is 5.88. The first kappa shape index (κ1) is 20.8. The molecule has 0 radical (unpaired) electrons. The summed E-state index contributed by atoms with van der Waals surface area (Å²) in [6.07, 6.45) is 0. The molecule has 0 atom stereocenters. The van der Waals surface area contributed by atoms with E-state index in [2.05, 4.69) is 133 Å². The third-order valence-electron chi connectivity index (χ3n) is 7.67. The minimum Gasteiger partial charge on any atom is -0.0888 e. The molecular weight excluding hydrogens is 464 g/mol. The van der Waals surface area contributed by atoms with E-state index in [1.165, 1.54) is 75.5 Å². The van der Waals surface area contributed by atoms with Crippen LogP contribution in [0.1, 0.15) is 0 Å². The van der Waals surface area contributed by atoms with E-state index in [9.17, 15) is 0 Å².